The lowest BCUT2D eigenvalue weighted by molar-refractivity contribution is 0.561. The van der Waals surface area contributed by atoms with Gasteiger partial charge in [0.2, 0.25) is 6.29 Å². The van der Waals surface area contributed by atoms with Gasteiger partial charge in [-0.25, -0.2) is 0 Å². The zero-order valence-electron chi connectivity index (χ0n) is 7.08. The molecule has 1 aromatic rings. The second-order valence-electron chi connectivity index (χ2n) is 2.54. The second kappa shape index (κ2) is 4.50. The van der Waals surface area contributed by atoms with E-state index >= 15 is 0 Å². The molecule has 0 aliphatic carbocycles. The van der Waals surface area contributed by atoms with Crippen LogP contribution in [0.5, 0.6) is 0 Å². The molecule has 12 heavy (non-hydrogen) atoms. The summed E-state index contributed by atoms with van der Waals surface area (Å²) in [5, 5.41) is 0. The minimum absolute atomic E-state index is 0.709. The van der Waals surface area contributed by atoms with Crippen LogP contribution < -0.4 is 0 Å². The SMILES string of the molecule is CCC([C]=O)=Cc1ccccc1. The Morgan fingerprint density at radius 3 is 2.58 bits per heavy atom. The van der Waals surface area contributed by atoms with E-state index in [1.165, 1.54) is 0 Å². The van der Waals surface area contributed by atoms with Crippen molar-refractivity contribution in [1.29, 1.82) is 0 Å². The highest BCUT2D eigenvalue weighted by Gasteiger charge is 1.92. The van der Waals surface area contributed by atoms with E-state index in [4.69, 9.17) is 0 Å². The maximum Gasteiger partial charge on any atom is 0.229 e. The van der Waals surface area contributed by atoms with E-state index in [1.807, 2.05) is 49.6 Å². The van der Waals surface area contributed by atoms with Gasteiger partial charge >= 0.3 is 0 Å². The lowest BCUT2D eigenvalue weighted by Crippen LogP contribution is -1.81. The molecule has 1 radical (unpaired) electrons. The van der Waals surface area contributed by atoms with Gasteiger partial charge in [-0.3, -0.25) is 4.79 Å². The summed E-state index contributed by atoms with van der Waals surface area (Å²) in [6.45, 7) is 1.94. The summed E-state index contributed by atoms with van der Waals surface area (Å²) in [6, 6.07) is 9.78. The van der Waals surface area contributed by atoms with Crippen LogP contribution in [-0.4, -0.2) is 6.29 Å². The molecule has 0 saturated carbocycles. The molecule has 1 rings (SSSR count). The molecule has 0 unspecified atom stereocenters. The zero-order chi connectivity index (χ0) is 8.81. The quantitative estimate of drug-likeness (QED) is 0.619. The third-order valence-electron chi connectivity index (χ3n) is 1.65. The number of rotatable bonds is 3. The van der Waals surface area contributed by atoms with Gasteiger partial charge < -0.3 is 0 Å². The fourth-order valence-electron chi connectivity index (χ4n) is 0.954. The number of benzene rings is 1. The molecule has 0 fully saturated rings. The molecule has 0 aliphatic heterocycles. The molecule has 1 aromatic carbocycles. The Morgan fingerprint density at radius 1 is 1.42 bits per heavy atom. The van der Waals surface area contributed by atoms with Crippen LogP contribution in [0.4, 0.5) is 0 Å². The molecule has 0 bridgehead atoms. The summed E-state index contributed by atoms with van der Waals surface area (Å²) in [6.07, 6.45) is 4.50. The van der Waals surface area contributed by atoms with Gasteiger partial charge in [0.05, 0.1) is 0 Å². The van der Waals surface area contributed by atoms with Gasteiger partial charge in [-0.1, -0.05) is 37.3 Å². The Labute approximate surface area is 72.7 Å². The topological polar surface area (TPSA) is 17.1 Å². The fraction of sp³-hybridized carbons (Fsp3) is 0.182. The summed E-state index contributed by atoms with van der Waals surface area (Å²) in [7, 11) is 0. The number of hydrogen-bond acceptors (Lipinski definition) is 1. The number of hydrogen-bond donors (Lipinski definition) is 0. The van der Waals surface area contributed by atoms with Crippen molar-refractivity contribution in [3.05, 3.63) is 41.5 Å². The maximum absolute atomic E-state index is 10.3. The van der Waals surface area contributed by atoms with Crippen molar-refractivity contribution in [1.82, 2.24) is 0 Å². The molecule has 61 valence electrons. The van der Waals surface area contributed by atoms with E-state index in [-0.39, 0.29) is 0 Å². The highest BCUT2D eigenvalue weighted by molar-refractivity contribution is 5.81. The Balaban J connectivity index is 2.86. The molecule has 1 heteroatoms. The van der Waals surface area contributed by atoms with Crippen molar-refractivity contribution in [2.24, 2.45) is 0 Å². The van der Waals surface area contributed by atoms with Gasteiger partial charge in [0.25, 0.3) is 0 Å². The standard InChI is InChI=1S/C11H11O/c1-2-10(9-12)8-11-6-4-3-5-7-11/h3-8H,2H2,1H3. The molecular weight excluding hydrogens is 148 g/mol. The minimum Gasteiger partial charge on any atom is -0.285 e. The second-order valence-corrected chi connectivity index (χ2v) is 2.54. The van der Waals surface area contributed by atoms with Crippen LogP contribution in [0, 0.1) is 0 Å². The van der Waals surface area contributed by atoms with E-state index in [0.29, 0.717) is 5.57 Å². The Morgan fingerprint density at radius 2 is 2.08 bits per heavy atom. The average molecular weight is 159 g/mol. The largest absolute Gasteiger partial charge is 0.285 e. The molecular formula is C11H11O. The molecule has 0 spiro atoms. The molecule has 0 heterocycles. The normalized spacial score (nSPS) is 11.2. The smallest absolute Gasteiger partial charge is 0.229 e. The number of carbonyl (C=O) groups excluding carboxylic acids is 1. The van der Waals surface area contributed by atoms with Crippen molar-refractivity contribution in [3.63, 3.8) is 0 Å². The van der Waals surface area contributed by atoms with Gasteiger partial charge in [0.15, 0.2) is 0 Å². The summed E-state index contributed by atoms with van der Waals surface area (Å²) < 4.78 is 0. The summed E-state index contributed by atoms with van der Waals surface area (Å²) >= 11 is 0. The van der Waals surface area contributed by atoms with Crippen LogP contribution in [-0.2, 0) is 4.79 Å². The maximum atomic E-state index is 10.3. The predicted molar refractivity (Wildman–Crippen MR) is 50.4 cm³/mol. The first kappa shape index (κ1) is 8.72. The van der Waals surface area contributed by atoms with Crippen molar-refractivity contribution < 1.29 is 4.79 Å². The van der Waals surface area contributed by atoms with E-state index in [9.17, 15) is 4.79 Å². The van der Waals surface area contributed by atoms with Crippen LogP contribution in [0.1, 0.15) is 18.9 Å². The molecule has 1 nitrogen and oxygen atoms in total. The zero-order valence-corrected chi connectivity index (χ0v) is 7.08. The highest BCUT2D eigenvalue weighted by Crippen LogP contribution is 2.06. The third kappa shape index (κ3) is 2.35. The molecule has 0 atom stereocenters. The summed E-state index contributed by atoms with van der Waals surface area (Å²) in [4.78, 5) is 10.3. The third-order valence-corrected chi connectivity index (χ3v) is 1.65. The molecule has 0 amide bonds. The predicted octanol–water partition coefficient (Wildman–Crippen LogP) is 2.59. The highest BCUT2D eigenvalue weighted by atomic mass is 16.1. The van der Waals surface area contributed by atoms with Crippen molar-refractivity contribution in [2.45, 2.75) is 13.3 Å². The van der Waals surface area contributed by atoms with Gasteiger partial charge in [-0.15, -0.1) is 0 Å². The first-order valence-electron chi connectivity index (χ1n) is 4.00. The molecule has 0 N–H and O–H groups in total. The van der Waals surface area contributed by atoms with E-state index in [2.05, 4.69) is 0 Å². The van der Waals surface area contributed by atoms with Crippen LogP contribution in [0.15, 0.2) is 35.9 Å². The molecule has 0 aromatic heterocycles. The lowest BCUT2D eigenvalue weighted by atomic mass is 10.1. The van der Waals surface area contributed by atoms with Crippen LogP contribution in [0.3, 0.4) is 0 Å². The van der Waals surface area contributed by atoms with Gasteiger partial charge in [0.1, 0.15) is 0 Å². The summed E-state index contributed by atoms with van der Waals surface area (Å²) in [5.41, 5.74) is 1.76. The van der Waals surface area contributed by atoms with Gasteiger partial charge in [-0.2, -0.15) is 0 Å². The van der Waals surface area contributed by atoms with E-state index < -0.39 is 0 Å². The van der Waals surface area contributed by atoms with Gasteiger partial charge in [0, 0.05) is 5.57 Å². The van der Waals surface area contributed by atoms with Crippen LogP contribution in [0.2, 0.25) is 0 Å². The van der Waals surface area contributed by atoms with Gasteiger partial charge in [-0.05, 0) is 18.1 Å². The fourth-order valence-corrected chi connectivity index (χ4v) is 0.954. The van der Waals surface area contributed by atoms with Crippen molar-refractivity contribution in [3.8, 4) is 0 Å². The van der Waals surface area contributed by atoms with Crippen molar-refractivity contribution >= 4 is 12.4 Å². The lowest BCUT2D eigenvalue weighted by Gasteiger charge is -1.93. The molecule has 0 saturated heterocycles. The van der Waals surface area contributed by atoms with Crippen LogP contribution in [0.25, 0.3) is 6.08 Å². The molecule has 0 aliphatic rings. The van der Waals surface area contributed by atoms with Crippen LogP contribution >= 0.6 is 0 Å². The Kier molecular flexibility index (Phi) is 3.27. The summed E-state index contributed by atoms with van der Waals surface area (Å²) in [5.74, 6) is 0. The van der Waals surface area contributed by atoms with E-state index in [0.717, 1.165) is 12.0 Å². The number of allylic oxidation sites excluding steroid dienone is 1. The first-order chi connectivity index (χ1) is 5.86. The first-order valence-corrected chi connectivity index (χ1v) is 4.00. The monoisotopic (exact) mass is 159 g/mol. The Hall–Kier alpha value is -1.37. The van der Waals surface area contributed by atoms with Crippen molar-refractivity contribution in [2.75, 3.05) is 0 Å². The van der Waals surface area contributed by atoms with E-state index in [1.54, 1.807) is 0 Å². The average Bonchev–Trinajstić information content (AvgIpc) is 2.16. The Bertz CT molecular complexity index is 272. The minimum atomic E-state index is 0.709.